The highest BCUT2D eigenvalue weighted by molar-refractivity contribution is 5.91. The SMILES string of the molecule is O=C(NCCC#Cc1ccc(O)c(C(=O)O)c1)OCc1ccccc1. The van der Waals surface area contributed by atoms with Gasteiger partial charge in [0.2, 0.25) is 0 Å². The van der Waals surface area contributed by atoms with E-state index in [1.165, 1.54) is 18.2 Å². The van der Waals surface area contributed by atoms with Gasteiger partial charge in [0.25, 0.3) is 0 Å². The maximum atomic E-state index is 11.5. The number of carboxylic acids is 1. The van der Waals surface area contributed by atoms with E-state index in [1.807, 2.05) is 30.3 Å². The first kappa shape index (κ1) is 17.9. The predicted molar refractivity (Wildman–Crippen MR) is 91.2 cm³/mol. The molecule has 0 saturated heterocycles. The van der Waals surface area contributed by atoms with Crippen molar-refractivity contribution in [2.45, 2.75) is 13.0 Å². The summed E-state index contributed by atoms with van der Waals surface area (Å²) < 4.78 is 5.06. The number of hydrogen-bond donors (Lipinski definition) is 3. The topological polar surface area (TPSA) is 95.9 Å². The molecule has 0 aliphatic carbocycles. The van der Waals surface area contributed by atoms with E-state index in [1.54, 1.807) is 0 Å². The van der Waals surface area contributed by atoms with Gasteiger partial charge in [0.15, 0.2) is 0 Å². The Morgan fingerprint density at radius 2 is 1.88 bits per heavy atom. The molecule has 2 rings (SSSR count). The molecule has 0 radical (unpaired) electrons. The summed E-state index contributed by atoms with van der Waals surface area (Å²) in [5.74, 6) is 4.08. The second kappa shape index (κ2) is 8.99. The van der Waals surface area contributed by atoms with Crippen LogP contribution in [0.2, 0.25) is 0 Å². The van der Waals surface area contributed by atoms with Gasteiger partial charge in [-0.3, -0.25) is 0 Å². The molecule has 25 heavy (non-hydrogen) atoms. The molecule has 1 amide bonds. The average Bonchev–Trinajstić information content (AvgIpc) is 2.61. The van der Waals surface area contributed by atoms with Gasteiger partial charge in [-0.15, -0.1) is 0 Å². The summed E-state index contributed by atoms with van der Waals surface area (Å²) in [6, 6.07) is 13.4. The summed E-state index contributed by atoms with van der Waals surface area (Å²) in [6.07, 6.45) is -0.146. The van der Waals surface area contributed by atoms with Crippen molar-refractivity contribution in [3.05, 3.63) is 65.2 Å². The molecule has 0 bridgehead atoms. The van der Waals surface area contributed by atoms with Crippen LogP contribution in [0.4, 0.5) is 4.79 Å². The number of alkyl carbamates (subject to hydrolysis) is 1. The van der Waals surface area contributed by atoms with Crippen LogP contribution in [0.15, 0.2) is 48.5 Å². The van der Waals surface area contributed by atoms with Gasteiger partial charge < -0.3 is 20.3 Å². The fraction of sp³-hybridized carbons (Fsp3) is 0.158. The predicted octanol–water partition coefficient (Wildman–Crippen LogP) is 2.76. The van der Waals surface area contributed by atoms with Crippen molar-refractivity contribution in [3.63, 3.8) is 0 Å². The first-order valence-electron chi connectivity index (χ1n) is 7.56. The van der Waals surface area contributed by atoms with E-state index >= 15 is 0 Å². The molecule has 6 nitrogen and oxygen atoms in total. The molecule has 0 unspecified atom stereocenters. The number of aromatic hydroxyl groups is 1. The number of aromatic carboxylic acids is 1. The number of phenols is 1. The van der Waals surface area contributed by atoms with Crippen LogP contribution in [-0.4, -0.2) is 28.8 Å². The van der Waals surface area contributed by atoms with Crippen molar-refractivity contribution >= 4 is 12.1 Å². The molecule has 0 heterocycles. The normalized spacial score (nSPS) is 9.60. The number of ether oxygens (including phenoxy) is 1. The Hall–Kier alpha value is -3.46. The third kappa shape index (κ3) is 5.92. The monoisotopic (exact) mass is 339 g/mol. The van der Waals surface area contributed by atoms with Gasteiger partial charge in [0.1, 0.15) is 17.9 Å². The number of amides is 1. The molecule has 0 aromatic heterocycles. The molecule has 3 N–H and O–H groups in total. The van der Waals surface area contributed by atoms with Crippen molar-refractivity contribution in [3.8, 4) is 17.6 Å². The van der Waals surface area contributed by atoms with Crippen LogP contribution in [0.3, 0.4) is 0 Å². The maximum absolute atomic E-state index is 11.5. The minimum absolute atomic E-state index is 0.198. The largest absolute Gasteiger partial charge is 0.507 e. The summed E-state index contributed by atoms with van der Waals surface area (Å²) in [6.45, 7) is 0.508. The van der Waals surface area contributed by atoms with Crippen LogP contribution in [0.25, 0.3) is 0 Å². The first-order valence-corrected chi connectivity index (χ1v) is 7.56. The van der Waals surface area contributed by atoms with Gasteiger partial charge in [-0.1, -0.05) is 42.2 Å². The minimum atomic E-state index is -1.22. The lowest BCUT2D eigenvalue weighted by Crippen LogP contribution is -2.24. The van der Waals surface area contributed by atoms with Crippen LogP contribution < -0.4 is 5.32 Å². The Kier molecular flexibility index (Phi) is 6.43. The lowest BCUT2D eigenvalue weighted by Gasteiger charge is -2.05. The Balaban J connectivity index is 1.74. The number of carboxylic acid groups (broad SMARTS) is 1. The zero-order valence-corrected chi connectivity index (χ0v) is 13.4. The molecule has 0 aliphatic rings. The first-order chi connectivity index (χ1) is 12.1. The molecule has 0 fully saturated rings. The molecule has 0 saturated carbocycles. The summed E-state index contributed by atoms with van der Waals surface area (Å²) in [5, 5.41) is 20.9. The van der Waals surface area contributed by atoms with Gasteiger partial charge >= 0.3 is 12.1 Å². The Bertz CT molecular complexity index is 806. The minimum Gasteiger partial charge on any atom is -0.507 e. The average molecular weight is 339 g/mol. The van der Waals surface area contributed by atoms with Crippen molar-refractivity contribution in [1.29, 1.82) is 0 Å². The van der Waals surface area contributed by atoms with Gasteiger partial charge in [-0.2, -0.15) is 0 Å². The van der Waals surface area contributed by atoms with Crippen molar-refractivity contribution in [1.82, 2.24) is 5.32 Å². The fourth-order valence-electron chi connectivity index (χ4n) is 1.95. The fourth-order valence-corrected chi connectivity index (χ4v) is 1.95. The number of hydrogen-bond acceptors (Lipinski definition) is 4. The third-order valence-corrected chi connectivity index (χ3v) is 3.19. The van der Waals surface area contributed by atoms with E-state index in [9.17, 15) is 14.7 Å². The number of nitrogens with one attached hydrogen (secondary N) is 1. The van der Waals surface area contributed by atoms with E-state index in [-0.39, 0.29) is 17.9 Å². The molecule has 0 spiro atoms. The molecule has 0 aliphatic heterocycles. The smallest absolute Gasteiger partial charge is 0.407 e. The van der Waals surface area contributed by atoms with E-state index < -0.39 is 12.1 Å². The Labute approximate surface area is 145 Å². The summed E-state index contributed by atoms with van der Waals surface area (Å²) >= 11 is 0. The van der Waals surface area contributed by atoms with Gasteiger partial charge in [0, 0.05) is 18.5 Å². The Morgan fingerprint density at radius 3 is 2.60 bits per heavy atom. The highest BCUT2D eigenvalue weighted by atomic mass is 16.5. The zero-order valence-electron chi connectivity index (χ0n) is 13.4. The van der Waals surface area contributed by atoms with E-state index in [0.29, 0.717) is 18.5 Å². The summed E-state index contributed by atoms with van der Waals surface area (Å²) in [5.41, 5.74) is 1.18. The number of benzene rings is 2. The highest BCUT2D eigenvalue weighted by Crippen LogP contribution is 2.17. The van der Waals surface area contributed by atoms with Gasteiger partial charge in [-0.05, 0) is 23.8 Å². The molecule has 128 valence electrons. The number of rotatable bonds is 5. The summed E-state index contributed by atoms with van der Waals surface area (Å²) in [4.78, 5) is 22.5. The quantitative estimate of drug-likeness (QED) is 0.575. The molecular formula is C19H17NO5. The molecule has 2 aromatic rings. The summed E-state index contributed by atoms with van der Waals surface area (Å²) in [7, 11) is 0. The third-order valence-electron chi connectivity index (χ3n) is 3.19. The molecular weight excluding hydrogens is 322 g/mol. The number of carbonyl (C=O) groups excluding carboxylic acids is 1. The maximum Gasteiger partial charge on any atom is 0.407 e. The highest BCUT2D eigenvalue weighted by Gasteiger charge is 2.09. The lowest BCUT2D eigenvalue weighted by atomic mass is 10.1. The molecule has 6 heteroatoms. The van der Waals surface area contributed by atoms with Crippen LogP contribution in [0.5, 0.6) is 5.75 Å². The van der Waals surface area contributed by atoms with Crippen molar-refractivity contribution in [2.24, 2.45) is 0 Å². The van der Waals surface area contributed by atoms with Crippen molar-refractivity contribution in [2.75, 3.05) is 6.54 Å². The standard InChI is InChI=1S/C19H17NO5/c21-17-10-9-14(12-16(17)18(22)23)6-4-5-11-20-19(24)25-13-15-7-2-1-3-8-15/h1-3,7-10,12,21H,5,11,13H2,(H,20,24)(H,22,23). The van der Waals surface area contributed by atoms with Crippen LogP contribution in [-0.2, 0) is 11.3 Å². The van der Waals surface area contributed by atoms with E-state index in [0.717, 1.165) is 5.56 Å². The molecule has 2 aromatic carbocycles. The van der Waals surface area contributed by atoms with Gasteiger partial charge in [-0.25, -0.2) is 9.59 Å². The number of carbonyl (C=O) groups is 2. The van der Waals surface area contributed by atoms with Crippen LogP contribution in [0.1, 0.15) is 27.9 Å². The second-order valence-electron chi connectivity index (χ2n) is 5.08. The van der Waals surface area contributed by atoms with Crippen LogP contribution >= 0.6 is 0 Å². The Morgan fingerprint density at radius 1 is 1.12 bits per heavy atom. The lowest BCUT2D eigenvalue weighted by molar-refractivity contribution is 0.0693. The van der Waals surface area contributed by atoms with Crippen molar-refractivity contribution < 1.29 is 24.5 Å². The van der Waals surface area contributed by atoms with Gasteiger partial charge in [0.05, 0.1) is 0 Å². The zero-order chi connectivity index (χ0) is 18.1. The van der Waals surface area contributed by atoms with Crippen LogP contribution in [0, 0.1) is 11.8 Å². The van der Waals surface area contributed by atoms with E-state index in [2.05, 4.69) is 17.2 Å². The van der Waals surface area contributed by atoms with E-state index in [4.69, 9.17) is 9.84 Å². The second-order valence-corrected chi connectivity index (χ2v) is 5.08. The molecule has 0 atom stereocenters.